The summed E-state index contributed by atoms with van der Waals surface area (Å²) in [6, 6.07) is 12.6. The molecule has 0 radical (unpaired) electrons. The number of hydrogen-bond donors (Lipinski definition) is 0. The van der Waals surface area contributed by atoms with Crippen molar-refractivity contribution < 1.29 is 4.74 Å². The molecule has 0 saturated carbocycles. The van der Waals surface area contributed by atoms with Gasteiger partial charge in [-0.15, -0.1) is 0 Å². The van der Waals surface area contributed by atoms with Crippen LogP contribution in [-0.2, 0) is 24.3 Å². The fraction of sp³-hybridized carbons (Fsp3) is 0.438. The van der Waals surface area contributed by atoms with Crippen molar-refractivity contribution in [1.82, 2.24) is 9.78 Å². The zero-order valence-electron chi connectivity index (χ0n) is 12.5. The quantitative estimate of drug-likeness (QED) is 0.808. The Balaban J connectivity index is 1.60. The fourth-order valence-electron chi connectivity index (χ4n) is 2.53. The predicted molar refractivity (Wildman–Crippen MR) is 83.9 cm³/mol. The second-order valence-electron chi connectivity index (χ2n) is 6.58. The summed E-state index contributed by atoms with van der Waals surface area (Å²) in [5, 5.41) is 6.08. The molecule has 1 atom stereocenters. The van der Waals surface area contributed by atoms with Crippen LogP contribution in [0.3, 0.4) is 0 Å². The first-order valence-corrected chi connectivity index (χ1v) is 10.7. The van der Waals surface area contributed by atoms with Crippen molar-refractivity contribution in [2.45, 2.75) is 45.3 Å². The van der Waals surface area contributed by atoms with Crippen LogP contribution in [0.4, 0.5) is 0 Å². The van der Waals surface area contributed by atoms with E-state index in [0.717, 1.165) is 13.0 Å². The van der Waals surface area contributed by atoms with Gasteiger partial charge in [0.1, 0.15) is 8.07 Å². The number of benzene rings is 1. The van der Waals surface area contributed by atoms with E-state index in [1.165, 1.54) is 16.6 Å². The molecule has 0 amide bonds. The van der Waals surface area contributed by atoms with E-state index in [9.17, 15) is 0 Å². The third-order valence-corrected chi connectivity index (χ3v) is 5.55. The molecule has 0 N–H and O–H groups in total. The molecule has 2 aromatic rings. The number of fused-ring (bicyclic) bond motifs is 1. The Hall–Kier alpha value is -1.39. The number of aromatic nitrogens is 2. The summed E-state index contributed by atoms with van der Waals surface area (Å²) in [6.45, 7) is 8.61. The molecule has 3 rings (SSSR count). The summed E-state index contributed by atoms with van der Waals surface area (Å²) in [5.74, 6) is 0. The van der Waals surface area contributed by atoms with E-state index in [4.69, 9.17) is 9.84 Å². The van der Waals surface area contributed by atoms with Crippen molar-refractivity contribution in [3.05, 3.63) is 47.7 Å². The average molecular weight is 286 g/mol. The number of rotatable bonds is 4. The monoisotopic (exact) mass is 286 g/mol. The lowest BCUT2D eigenvalue weighted by atomic mass is 10.2. The Morgan fingerprint density at radius 2 is 2.00 bits per heavy atom. The summed E-state index contributed by atoms with van der Waals surface area (Å²) in [5.41, 5.74) is 2.57. The molecular weight excluding hydrogens is 264 g/mol. The van der Waals surface area contributed by atoms with Gasteiger partial charge in [0, 0.05) is 17.4 Å². The zero-order valence-corrected chi connectivity index (χ0v) is 13.5. The standard InChI is InChI=1S/C16H22N2OSi/c1-20(2,3)16-10-14-9-15(11-18(14)17-16)19-12-13-7-5-4-6-8-13/h4-8,10,15H,9,11-12H2,1-3H3/t15-/m1/s1. The minimum Gasteiger partial charge on any atom is -0.371 e. The second kappa shape index (κ2) is 5.18. The van der Waals surface area contributed by atoms with Crippen LogP contribution in [-0.4, -0.2) is 24.0 Å². The van der Waals surface area contributed by atoms with Gasteiger partial charge in [0.2, 0.25) is 0 Å². The Morgan fingerprint density at radius 3 is 2.65 bits per heavy atom. The van der Waals surface area contributed by atoms with Crippen LogP contribution in [0.25, 0.3) is 0 Å². The molecule has 2 heterocycles. The summed E-state index contributed by atoms with van der Waals surface area (Å²) in [7, 11) is -1.29. The Bertz CT molecular complexity index is 563. The molecule has 106 valence electrons. The van der Waals surface area contributed by atoms with Crippen molar-refractivity contribution >= 4 is 13.4 Å². The van der Waals surface area contributed by atoms with Crippen LogP contribution in [0.1, 0.15) is 11.3 Å². The molecule has 0 saturated heterocycles. The van der Waals surface area contributed by atoms with Gasteiger partial charge in [-0.2, -0.15) is 5.10 Å². The Morgan fingerprint density at radius 1 is 1.25 bits per heavy atom. The van der Waals surface area contributed by atoms with E-state index in [-0.39, 0.29) is 6.10 Å². The highest BCUT2D eigenvalue weighted by molar-refractivity contribution is 6.88. The highest BCUT2D eigenvalue weighted by atomic mass is 28.3. The molecule has 0 unspecified atom stereocenters. The van der Waals surface area contributed by atoms with E-state index in [0.29, 0.717) is 6.61 Å². The molecule has 20 heavy (non-hydrogen) atoms. The molecule has 0 fully saturated rings. The van der Waals surface area contributed by atoms with Gasteiger partial charge >= 0.3 is 0 Å². The van der Waals surface area contributed by atoms with Crippen molar-refractivity contribution in [3.8, 4) is 0 Å². The highest BCUT2D eigenvalue weighted by Crippen LogP contribution is 2.18. The normalized spacial score (nSPS) is 18.2. The van der Waals surface area contributed by atoms with Crippen LogP contribution in [0.15, 0.2) is 36.4 Å². The molecule has 3 nitrogen and oxygen atoms in total. The third-order valence-electron chi connectivity index (χ3n) is 3.77. The van der Waals surface area contributed by atoms with Crippen LogP contribution < -0.4 is 5.32 Å². The summed E-state index contributed by atoms with van der Waals surface area (Å²) >= 11 is 0. The maximum atomic E-state index is 6.01. The van der Waals surface area contributed by atoms with Gasteiger partial charge < -0.3 is 4.74 Å². The molecular formula is C16H22N2OSi. The second-order valence-corrected chi connectivity index (χ2v) is 11.6. The SMILES string of the molecule is C[Si](C)(C)c1cc2n(n1)C[C@H](OCc1ccccc1)C2. The van der Waals surface area contributed by atoms with Crippen molar-refractivity contribution in [2.75, 3.05) is 0 Å². The lowest BCUT2D eigenvalue weighted by Gasteiger charge is -2.14. The molecule has 0 aliphatic carbocycles. The number of nitrogens with zero attached hydrogens (tertiary/aromatic N) is 2. The van der Waals surface area contributed by atoms with E-state index in [1.54, 1.807) is 0 Å². The van der Waals surface area contributed by atoms with Gasteiger partial charge in [-0.3, -0.25) is 4.68 Å². The van der Waals surface area contributed by atoms with Crippen LogP contribution in [0.2, 0.25) is 19.6 Å². The van der Waals surface area contributed by atoms with Gasteiger partial charge in [-0.25, -0.2) is 0 Å². The summed E-state index contributed by atoms with van der Waals surface area (Å²) in [4.78, 5) is 0. The lowest BCUT2D eigenvalue weighted by Crippen LogP contribution is -2.39. The molecule has 1 aromatic carbocycles. The first-order valence-electron chi connectivity index (χ1n) is 7.25. The Labute approximate surface area is 121 Å². The van der Waals surface area contributed by atoms with Gasteiger partial charge in [-0.05, 0) is 11.6 Å². The van der Waals surface area contributed by atoms with Crippen molar-refractivity contribution in [1.29, 1.82) is 0 Å². The summed E-state index contributed by atoms with van der Waals surface area (Å²) < 4.78 is 8.15. The number of hydrogen-bond acceptors (Lipinski definition) is 2. The van der Waals surface area contributed by atoms with Gasteiger partial charge in [0.25, 0.3) is 0 Å². The van der Waals surface area contributed by atoms with Gasteiger partial charge in [0.15, 0.2) is 0 Å². The molecule has 1 aliphatic heterocycles. The maximum absolute atomic E-state index is 6.01. The molecule has 0 bridgehead atoms. The fourth-order valence-corrected chi connectivity index (χ4v) is 3.56. The smallest absolute Gasteiger partial charge is 0.104 e. The maximum Gasteiger partial charge on any atom is 0.104 e. The third kappa shape index (κ3) is 2.86. The van der Waals surface area contributed by atoms with Gasteiger partial charge in [0.05, 0.1) is 19.3 Å². The molecule has 1 aromatic heterocycles. The van der Waals surface area contributed by atoms with Crippen LogP contribution >= 0.6 is 0 Å². The molecule has 1 aliphatic rings. The molecule has 4 heteroatoms. The lowest BCUT2D eigenvalue weighted by molar-refractivity contribution is 0.0404. The van der Waals surface area contributed by atoms with Crippen LogP contribution in [0.5, 0.6) is 0 Å². The van der Waals surface area contributed by atoms with E-state index in [1.807, 2.05) is 6.07 Å². The molecule has 0 spiro atoms. The zero-order chi connectivity index (χ0) is 14.2. The number of ether oxygens (including phenoxy) is 1. The minimum absolute atomic E-state index is 0.272. The van der Waals surface area contributed by atoms with E-state index >= 15 is 0 Å². The van der Waals surface area contributed by atoms with E-state index < -0.39 is 8.07 Å². The largest absolute Gasteiger partial charge is 0.371 e. The van der Waals surface area contributed by atoms with Crippen molar-refractivity contribution in [2.24, 2.45) is 0 Å². The predicted octanol–water partition coefficient (Wildman–Crippen LogP) is 2.57. The topological polar surface area (TPSA) is 27.1 Å². The van der Waals surface area contributed by atoms with Crippen LogP contribution in [0, 0.1) is 0 Å². The first kappa shape index (κ1) is 13.6. The first-order chi connectivity index (χ1) is 9.52. The Kier molecular flexibility index (Phi) is 3.52. The van der Waals surface area contributed by atoms with Gasteiger partial charge in [-0.1, -0.05) is 50.0 Å². The van der Waals surface area contributed by atoms with Crippen molar-refractivity contribution in [3.63, 3.8) is 0 Å². The highest BCUT2D eigenvalue weighted by Gasteiger charge is 2.28. The van der Waals surface area contributed by atoms with E-state index in [2.05, 4.69) is 54.7 Å². The average Bonchev–Trinajstić information content (AvgIpc) is 2.95. The minimum atomic E-state index is -1.29. The summed E-state index contributed by atoms with van der Waals surface area (Å²) in [6.07, 6.45) is 1.26.